The summed E-state index contributed by atoms with van der Waals surface area (Å²) in [6.45, 7) is 11.1. The number of carbonyl (C=O) groups excluding carboxylic acids is 4. The first-order valence-corrected chi connectivity index (χ1v) is 20.2. The molecular formula is C42H48F4N8O5S. The minimum atomic E-state index is -4.83. The SMILES string of the molecule is CCc1cc(N2C(S)N(c3ccc(C#N)c(C(F)(F)F)c3)C(=O)C2(C)C)cc(F)c1OCCN1C[C@@H](C)N(CC(=O)Nc2cccc(NC3CCC(=O)NC3=O)c2)[C@@H](C)C1. The highest BCUT2D eigenvalue weighted by Gasteiger charge is 2.52. The average molecular weight is 853 g/mol. The van der Waals surface area contributed by atoms with Gasteiger partial charge in [-0.05, 0) is 88.6 Å². The molecule has 6 rings (SSSR count). The zero-order chi connectivity index (χ0) is 43.7. The fourth-order valence-electron chi connectivity index (χ4n) is 8.15. The number of ether oxygens (including phenoxy) is 1. The molecule has 3 saturated heterocycles. The van der Waals surface area contributed by atoms with Crippen LogP contribution in [0, 0.1) is 17.1 Å². The van der Waals surface area contributed by atoms with E-state index in [-0.39, 0.29) is 60.8 Å². The zero-order valence-electron chi connectivity index (χ0n) is 33.9. The number of imide groups is 1. The number of nitriles is 1. The van der Waals surface area contributed by atoms with Crippen molar-refractivity contribution in [3.05, 3.63) is 77.1 Å². The van der Waals surface area contributed by atoms with Gasteiger partial charge in [0.05, 0.1) is 23.7 Å². The molecule has 2 unspecified atom stereocenters. The second-order valence-electron chi connectivity index (χ2n) is 15.8. The van der Waals surface area contributed by atoms with Gasteiger partial charge in [-0.3, -0.25) is 39.2 Å². The van der Waals surface area contributed by atoms with Crippen molar-refractivity contribution in [3.63, 3.8) is 0 Å². The van der Waals surface area contributed by atoms with Gasteiger partial charge in [0, 0.05) is 67.0 Å². The van der Waals surface area contributed by atoms with Crippen LogP contribution in [0.25, 0.3) is 0 Å². The number of amides is 4. The van der Waals surface area contributed by atoms with E-state index in [1.165, 1.54) is 17.0 Å². The molecule has 0 aromatic heterocycles. The number of hydrogen-bond donors (Lipinski definition) is 4. The molecule has 13 nitrogen and oxygen atoms in total. The van der Waals surface area contributed by atoms with Gasteiger partial charge in [0.2, 0.25) is 17.7 Å². The van der Waals surface area contributed by atoms with Gasteiger partial charge < -0.3 is 20.3 Å². The smallest absolute Gasteiger partial charge is 0.417 e. The first-order chi connectivity index (χ1) is 28.3. The normalized spacial score (nSPS) is 22.4. The predicted octanol–water partition coefficient (Wildman–Crippen LogP) is 5.75. The van der Waals surface area contributed by atoms with E-state index < -0.39 is 46.1 Å². The Bertz CT molecular complexity index is 2190. The largest absolute Gasteiger partial charge is 0.489 e. The Morgan fingerprint density at radius 1 is 1.03 bits per heavy atom. The summed E-state index contributed by atoms with van der Waals surface area (Å²) < 4.78 is 63.4. The molecule has 3 fully saturated rings. The molecule has 3 aromatic carbocycles. The quantitative estimate of drug-likeness (QED) is 0.101. The standard InChI is InChI=1S/C42H48F4N8O5S/c1-6-26-16-31(54-40(60)53(39(58)41(54,4)5)30-11-10-27(20-47)32(18-30)42(44,45)46)19-33(43)37(26)59-15-14-51-21-24(2)52(25(3)22-51)23-36(56)49-29-9-7-8-28(17-29)48-34-12-13-35(55)50-38(34)57/h7-11,16-19,24-25,34,40,48,60H,6,12-15,21-23H2,1-5H3,(H,49,56)(H,50,55,57)/t24-,25+,34?,40?. The molecule has 3 heterocycles. The number of benzene rings is 3. The van der Waals surface area contributed by atoms with Crippen molar-refractivity contribution in [1.29, 1.82) is 5.26 Å². The number of nitrogens with one attached hydrogen (secondary N) is 3. The van der Waals surface area contributed by atoms with Gasteiger partial charge in [-0.15, -0.1) is 12.6 Å². The van der Waals surface area contributed by atoms with Crippen molar-refractivity contribution in [1.82, 2.24) is 15.1 Å². The van der Waals surface area contributed by atoms with E-state index in [0.717, 1.165) is 17.0 Å². The second kappa shape index (κ2) is 17.7. The highest BCUT2D eigenvalue weighted by atomic mass is 32.1. The van der Waals surface area contributed by atoms with Crippen molar-refractivity contribution >= 4 is 59.0 Å². The average Bonchev–Trinajstić information content (AvgIpc) is 3.36. The minimum Gasteiger partial charge on any atom is -0.489 e. The van der Waals surface area contributed by atoms with E-state index in [2.05, 4.69) is 38.4 Å². The first kappa shape index (κ1) is 44.2. The van der Waals surface area contributed by atoms with Crippen molar-refractivity contribution in [2.45, 2.75) is 89.2 Å². The van der Waals surface area contributed by atoms with Gasteiger partial charge in [-0.2, -0.15) is 18.4 Å². The Morgan fingerprint density at radius 2 is 1.73 bits per heavy atom. The number of piperidine rings is 1. The molecule has 60 heavy (non-hydrogen) atoms. The van der Waals surface area contributed by atoms with E-state index in [4.69, 9.17) is 4.74 Å². The molecule has 0 spiro atoms. The number of halogens is 4. The van der Waals surface area contributed by atoms with Crippen LogP contribution in [0.5, 0.6) is 5.75 Å². The molecule has 4 amide bonds. The molecule has 0 saturated carbocycles. The highest BCUT2D eigenvalue weighted by Crippen LogP contribution is 2.44. The summed E-state index contributed by atoms with van der Waals surface area (Å²) >= 11 is 4.64. The molecule has 18 heteroatoms. The summed E-state index contributed by atoms with van der Waals surface area (Å²) in [5.41, 5.74) is -2.27. The molecule has 4 atom stereocenters. The first-order valence-electron chi connectivity index (χ1n) is 19.7. The Labute approximate surface area is 351 Å². The predicted molar refractivity (Wildman–Crippen MR) is 221 cm³/mol. The monoisotopic (exact) mass is 852 g/mol. The molecule has 3 aliphatic rings. The number of anilines is 4. The van der Waals surface area contributed by atoms with Gasteiger partial charge in [0.15, 0.2) is 17.1 Å². The number of hydrogen-bond acceptors (Lipinski definition) is 11. The third kappa shape index (κ3) is 9.33. The summed E-state index contributed by atoms with van der Waals surface area (Å²) in [6, 6.07) is 14.0. The lowest BCUT2D eigenvalue weighted by Crippen LogP contribution is -2.58. The van der Waals surface area contributed by atoms with E-state index in [1.807, 2.05) is 20.8 Å². The van der Waals surface area contributed by atoms with Crippen LogP contribution < -0.4 is 30.5 Å². The Balaban J connectivity index is 1.05. The van der Waals surface area contributed by atoms with Gasteiger partial charge in [0.1, 0.15) is 18.2 Å². The summed E-state index contributed by atoms with van der Waals surface area (Å²) in [5, 5.41) is 17.6. The number of piperazine rings is 1. The lowest BCUT2D eigenvalue weighted by molar-refractivity contribution is -0.138. The van der Waals surface area contributed by atoms with Crippen LogP contribution in [0.2, 0.25) is 0 Å². The maximum Gasteiger partial charge on any atom is 0.417 e. The summed E-state index contributed by atoms with van der Waals surface area (Å²) in [6.07, 6.45) is -3.83. The van der Waals surface area contributed by atoms with E-state index >= 15 is 4.39 Å². The zero-order valence-corrected chi connectivity index (χ0v) is 34.8. The van der Waals surface area contributed by atoms with Crippen LogP contribution in [0.15, 0.2) is 54.6 Å². The van der Waals surface area contributed by atoms with Gasteiger partial charge in [-0.1, -0.05) is 13.0 Å². The van der Waals surface area contributed by atoms with Gasteiger partial charge in [0.25, 0.3) is 5.91 Å². The van der Waals surface area contributed by atoms with E-state index in [1.54, 1.807) is 50.2 Å². The maximum absolute atomic E-state index is 16.0. The Morgan fingerprint density at radius 3 is 2.38 bits per heavy atom. The van der Waals surface area contributed by atoms with E-state index in [9.17, 15) is 37.6 Å². The molecular weight excluding hydrogens is 805 g/mol. The van der Waals surface area contributed by atoms with Crippen LogP contribution in [0.3, 0.4) is 0 Å². The number of carbonyl (C=O) groups is 4. The Hall–Kier alpha value is -5.38. The number of thiol groups is 1. The van der Waals surface area contributed by atoms with Crippen LogP contribution in [-0.4, -0.2) is 95.4 Å². The molecule has 3 N–H and O–H groups in total. The number of alkyl halides is 3. The number of aryl methyl sites for hydroxylation is 1. The van der Waals surface area contributed by atoms with Crippen LogP contribution in [-0.2, 0) is 31.8 Å². The topological polar surface area (TPSA) is 150 Å². The fourth-order valence-corrected chi connectivity index (χ4v) is 8.81. The summed E-state index contributed by atoms with van der Waals surface area (Å²) in [5.74, 6) is -2.04. The van der Waals surface area contributed by atoms with Crippen molar-refractivity contribution < 1.29 is 41.5 Å². The van der Waals surface area contributed by atoms with Crippen LogP contribution >= 0.6 is 12.6 Å². The lowest BCUT2D eigenvalue weighted by Gasteiger charge is -2.44. The molecule has 320 valence electrons. The fraction of sp³-hybridized carbons (Fsp3) is 0.452. The van der Waals surface area contributed by atoms with Crippen molar-refractivity contribution in [2.75, 3.05) is 53.2 Å². The van der Waals surface area contributed by atoms with Gasteiger partial charge >= 0.3 is 6.18 Å². The highest BCUT2D eigenvalue weighted by molar-refractivity contribution is 7.81. The second-order valence-corrected chi connectivity index (χ2v) is 16.3. The minimum absolute atomic E-state index is 0.00634. The van der Waals surface area contributed by atoms with Crippen molar-refractivity contribution in [2.24, 2.45) is 0 Å². The lowest BCUT2D eigenvalue weighted by atomic mass is 10.0. The van der Waals surface area contributed by atoms with Crippen LogP contribution in [0.4, 0.5) is 40.3 Å². The molecule has 0 radical (unpaired) electrons. The number of rotatable bonds is 12. The van der Waals surface area contributed by atoms with Crippen molar-refractivity contribution in [3.8, 4) is 11.8 Å². The van der Waals surface area contributed by atoms with Gasteiger partial charge in [-0.25, -0.2) is 4.39 Å². The summed E-state index contributed by atoms with van der Waals surface area (Å²) in [7, 11) is 0. The Kier molecular flexibility index (Phi) is 13.0. The molecule has 3 aromatic rings. The third-order valence-corrected chi connectivity index (χ3v) is 11.6. The third-order valence-electron chi connectivity index (χ3n) is 11.2. The molecule has 0 bridgehead atoms. The molecule has 3 aliphatic heterocycles. The number of nitrogens with zero attached hydrogens (tertiary/aromatic N) is 5. The molecule has 0 aliphatic carbocycles. The van der Waals surface area contributed by atoms with Crippen LogP contribution in [0.1, 0.15) is 64.2 Å². The maximum atomic E-state index is 16.0. The van der Waals surface area contributed by atoms with E-state index in [0.29, 0.717) is 55.1 Å². The summed E-state index contributed by atoms with van der Waals surface area (Å²) in [4.78, 5) is 57.5.